The fourth-order valence-electron chi connectivity index (χ4n) is 2.81. The summed E-state index contributed by atoms with van der Waals surface area (Å²) in [4.78, 5) is 6.93. The van der Waals surface area contributed by atoms with Crippen LogP contribution in [0, 0.1) is 0 Å². The maximum Gasteiger partial charge on any atom is 0.119 e. The second kappa shape index (κ2) is 4.61. The minimum absolute atomic E-state index is 0.295. The van der Waals surface area contributed by atoms with Gasteiger partial charge in [-0.1, -0.05) is 6.42 Å². The number of imidazole rings is 1. The number of aromatic hydroxyl groups is 1. The normalized spacial score (nSPS) is 21.5. The zero-order chi connectivity index (χ0) is 12.5. The molecule has 18 heavy (non-hydrogen) atoms. The molecule has 96 valence electrons. The lowest BCUT2D eigenvalue weighted by Crippen LogP contribution is -2.38. The minimum Gasteiger partial charge on any atom is -0.508 e. The van der Waals surface area contributed by atoms with Crippen molar-refractivity contribution in [3.8, 4) is 5.75 Å². The number of hydrogen-bond donors (Lipinski definition) is 1. The maximum atomic E-state index is 9.45. The van der Waals surface area contributed by atoms with Gasteiger partial charge in [0, 0.05) is 24.7 Å². The molecule has 0 spiro atoms. The lowest BCUT2D eigenvalue weighted by Gasteiger charge is -2.32. The predicted octanol–water partition coefficient (Wildman–Crippen LogP) is 2.07. The number of likely N-dealkylation sites (tertiary alicyclic amines) is 1. The Morgan fingerprint density at radius 1 is 1.44 bits per heavy atom. The number of piperidine rings is 1. The number of aromatic nitrogens is 2. The second-order valence-corrected chi connectivity index (χ2v) is 5.19. The van der Waals surface area contributed by atoms with Crippen LogP contribution in [0.5, 0.6) is 5.75 Å². The average Bonchev–Trinajstić information content (AvgIpc) is 2.74. The molecule has 0 radical (unpaired) electrons. The van der Waals surface area contributed by atoms with Gasteiger partial charge < -0.3 is 14.4 Å². The summed E-state index contributed by atoms with van der Waals surface area (Å²) in [5, 5.41) is 9.45. The molecule has 2 aromatic heterocycles. The van der Waals surface area contributed by atoms with Crippen LogP contribution in [-0.4, -0.2) is 39.0 Å². The van der Waals surface area contributed by atoms with Gasteiger partial charge in [0.2, 0.25) is 0 Å². The lowest BCUT2D eigenvalue weighted by atomic mass is 10.00. The van der Waals surface area contributed by atoms with Crippen molar-refractivity contribution in [2.45, 2.75) is 31.7 Å². The highest BCUT2D eigenvalue weighted by molar-refractivity contribution is 5.50. The molecule has 1 aliphatic rings. The van der Waals surface area contributed by atoms with Crippen molar-refractivity contribution in [1.29, 1.82) is 0 Å². The van der Waals surface area contributed by atoms with E-state index in [9.17, 15) is 5.11 Å². The van der Waals surface area contributed by atoms with Crippen LogP contribution in [0.1, 0.15) is 25.1 Å². The van der Waals surface area contributed by atoms with Gasteiger partial charge in [-0.05, 0) is 32.5 Å². The summed E-state index contributed by atoms with van der Waals surface area (Å²) in [6, 6.07) is 4.06. The third kappa shape index (κ3) is 2.08. The summed E-state index contributed by atoms with van der Waals surface area (Å²) in [7, 11) is 2.20. The van der Waals surface area contributed by atoms with Crippen LogP contribution < -0.4 is 0 Å². The highest BCUT2D eigenvalue weighted by atomic mass is 16.3. The molecule has 3 heterocycles. The molecule has 4 nitrogen and oxygen atoms in total. The van der Waals surface area contributed by atoms with E-state index in [-0.39, 0.29) is 0 Å². The first-order valence-corrected chi connectivity index (χ1v) is 6.59. The Morgan fingerprint density at radius 3 is 3.17 bits per heavy atom. The Bertz CT molecular complexity index is 549. The number of pyridine rings is 1. The molecule has 0 aliphatic carbocycles. The zero-order valence-electron chi connectivity index (χ0n) is 10.7. The summed E-state index contributed by atoms with van der Waals surface area (Å²) >= 11 is 0. The van der Waals surface area contributed by atoms with E-state index in [1.807, 2.05) is 12.4 Å². The van der Waals surface area contributed by atoms with Crippen LogP contribution in [0.4, 0.5) is 0 Å². The van der Waals surface area contributed by atoms with E-state index in [1.165, 1.54) is 25.8 Å². The van der Waals surface area contributed by atoms with E-state index in [4.69, 9.17) is 0 Å². The Balaban J connectivity index is 1.86. The summed E-state index contributed by atoms with van der Waals surface area (Å²) < 4.78 is 2.07. The van der Waals surface area contributed by atoms with Crippen LogP contribution in [0.25, 0.3) is 5.52 Å². The lowest BCUT2D eigenvalue weighted by molar-refractivity contribution is 0.182. The van der Waals surface area contributed by atoms with Crippen LogP contribution in [0.2, 0.25) is 0 Å². The summed E-state index contributed by atoms with van der Waals surface area (Å²) in [6.45, 7) is 1.19. The molecule has 2 aromatic rings. The first-order valence-electron chi connectivity index (χ1n) is 6.59. The quantitative estimate of drug-likeness (QED) is 0.880. The van der Waals surface area contributed by atoms with E-state index in [2.05, 4.69) is 21.3 Å². The fraction of sp³-hybridized carbons (Fsp3) is 0.500. The molecule has 0 amide bonds. The number of fused-ring (bicyclic) bond motifs is 1. The van der Waals surface area contributed by atoms with Gasteiger partial charge in [-0.15, -0.1) is 0 Å². The van der Waals surface area contributed by atoms with Gasteiger partial charge in [-0.3, -0.25) is 0 Å². The van der Waals surface area contributed by atoms with Gasteiger partial charge in [0.1, 0.15) is 11.6 Å². The highest BCUT2D eigenvalue weighted by Gasteiger charge is 2.20. The molecule has 1 saturated heterocycles. The van der Waals surface area contributed by atoms with Crippen molar-refractivity contribution in [3.63, 3.8) is 0 Å². The zero-order valence-corrected chi connectivity index (χ0v) is 10.7. The molecule has 1 aliphatic heterocycles. The first kappa shape index (κ1) is 11.5. The van der Waals surface area contributed by atoms with Crippen LogP contribution in [0.3, 0.4) is 0 Å². The van der Waals surface area contributed by atoms with E-state index in [1.54, 1.807) is 12.1 Å². The molecular formula is C14H19N3O. The summed E-state index contributed by atoms with van der Waals surface area (Å²) in [5.41, 5.74) is 0.962. The first-order chi connectivity index (χ1) is 8.74. The van der Waals surface area contributed by atoms with Crippen molar-refractivity contribution in [2.75, 3.05) is 13.6 Å². The second-order valence-electron chi connectivity index (χ2n) is 5.19. The summed E-state index contributed by atoms with van der Waals surface area (Å²) in [6.07, 6.45) is 8.59. The fourth-order valence-corrected chi connectivity index (χ4v) is 2.81. The topological polar surface area (TPSA) is 40.8 Å². The van der Waals surface area contributed by atoms with E-state index in [0.29, 0.717) is 11.8 Å². The minimum atomic E-state index is 0.295. The van der Waals surface area contributed by atoms with Crippen molar-refractivity contribution in [1.82, 2.24) is 14.3 Å². The average molecular weight is 245 g/mol. The molecule has 0 aromatic carbocycles. The largest absolute Gasteiger partial charge is 0.508 e. The van der Waals surface area contributed by atoms with Crippen molar-refractivity contribution in [3.05, 3.63) is 30.4 Å². The van der Waals surface area contributed by atoms with E-state index < -0.39 is 0 Å². The highest BCUT2D eigenvalue weighted by Crippen LogP contribution is 2.20. The smallest absolute Gasteiger partial charge is 0.119 e. The molecular weight excluding hydrogens is 226 g/mol. The Hall–Kier alpha value is -1.55. The molecule has 1 N–H and O–H groups in total. The molecule has 4 heteroatoms. The van der Waals surface area contributed by atoms with Crippen LogP contribution in [0.15, 0.2) is 24.5 Å². The van der Waals surface area contributed by atoms with Crippen LogP contribution in [-0.2, 0) is 6.42 Å². The third-order valence-electron chi connectivity index (χ3n) is 3.93. The monoisotopic (exact) mass is 245 g/mol. The number of likely N-dealkylation sites (N-methyl/N-ethyl adjacent to an activating group) is 1. The molecule has 1 fully saturated rings. The van der Waals surface area contributed by atoms with Crippen molar-refractivity contribution in [2.24, 2.45) is 0 Å². The van der Waals surface area contributed by atoms with Crippen molar-refractivity contribution >= 4 is 5.52 Å². The molecule has 1 unspecified atom stereocenters. The SMILES string of the molecule is CN1CCCCC1Cc1ncc2cc(O)ccn12. The van der Waals surface area contributed by atoms with Gasteiger partial charge in [0.15, 0.2) is 0 Å². The number of hydrogen-bond acceptors (Lipinski definition) is 3. The maximum absolute atomic E-state index is 9.45. The van der Waals surface area contributed by atoms with Gasteiger partial charge >= 0.3 is 0 Å². The molecule has 0 bridgehead atoms. The standard InChI is InChI=1S/C14H19N3O/c1-16-6-3-2-4-11(16)9-14-15-10-12-8-13(18)5-7-17(12)14/h5,7-8,10-11,18H,2-4,6,9H2,1H3. The van der Waals surface area contributed by atoms with Crippen LogP contribution >= 0.6 is 0 Å². The molecule has 1 atom stereocenters. The molecule has 0 saturated carbocycles. The summed E-state index contributed by atoms with van der Waals surface area (Å²) in [5.74, 6) is 1.38. The van der Waals surface area contributed by atoms with Crippen molar-refractivity contribution < 1.29 is 5.11 Å². The van der Waals surface area contributed by atoms with E-state index in [0.717, 1.165) is 17.8 Å². The Labute approximate surface area is 107 Å². The Kier molecular flexibility index (Phi) is 2.96. The Morgan fingerprint density at radius 2 is 2.33 bits per heavy atom. The number of nitrogens with zero attached hydrogens (tertiary/aromatic N) is 3. The van der Waals surface area contributed by atoms with Gasteiger partial charge in [0.05, 0.1) is 11.7 Å². The third-order valence-corrected chi connectivity index (χ3v) is 3.93. The van der Waals surface area contributed by atoms with Gasteiger partial charge in [0.25, 0.3) is 0 Å². The predicted molar refractivity (Wildman–Crippen MR) is 70.8 cm³/mol. The molecule has 3 rings (SSSR count). The van der Waals surface area contributed by atoms with Gasteiger partial charge in [-0.2, -0.15) is 0 Å². The van der Waals surface area contributed by atoms with E-state index >= 15 is 0 Å². The number of rotatable bonds is 2. The van der Waals surface area contributed by atoms with Gasteiger partial charge in [-0.25, -0.2) is 4.98 Å².